The molecule has 0 radical (unpaired) electrons. The van der Waals surface area contributed by atoms with E-state index in [0.717, 1.165) is 0 Å². The monoisotopic (exact) mass is 711 g/mol. The molecule has 2 N–H and O–H groups in total. The molecule has 0 spiro atoms. The molecule has 4 aromatic rings. The first kappa shape index (κ1) is 35.5. The zero-order valence-corrected chi connectivity index (χ0v) is 28.6. The quantitative estimate of drug-likeness (QED) is 0.159. The molecule has 0 saturated carbocycles. The van der Waals surface area contributed by atoms with E-state index in [-0.39, 0.29) is 63.5 Å². The zero-order chi connectivity index (χ0) is 35.5. The molecule has 10 nitrogen and oxygen atoms in total. The number of halogens is 4. The largest absolute Gasteiger partial charge is 0.496 e. The predicted molar refractivity (Wildman–Crippen MR) is 182 cm³/mol. The number of ether oxygens (including phenoxy) is 2. The molecule has 1 fully saturated rings. The Hall–Kier alpha value is -4.81. The van der Waals surface area contributed by atoms with Gasteiger partial charge in [-0.2, -0.15) is 0 Å². The molecule has 0 unspecified atom stereocenters. The Morgan fingerprint density at radius 2 is 1.84 bits per heavy atom. The van der Waals surface area contributed by atoms with Crippen LogP contribution in [0.15, 0.2) is 54.9 Å². The number of hydrogen-bond acceptors (Lipinski definition) is 8. The Balaban J connectivity index is 1.48. The highest BCUT2D eigenvalue weighted by Gasteiger charge is 2.30. The van der Waals surface area contributed by atoms with Gasteiger partial charge in [0.1, 0.15) is 17.2 Å². The lowest BCUT2D eigenvalue weighted by Gasteiger charge is -2.30. The fraction of sp³-hybridized carbons (Fsp3) is 0.286. The van der Waals surface area contributed by atoms with Crippen molar-refractivity contribution in [3.05, 3.63) is 87.7 Å². The number of carbonyl (C=O) groups is 3. The number of carbonyl (C=O) groups excluding carboxylic acids is 3. The van der Waals surface area contributed by atoms with Crippen molar-refractivity contribution in [2.75, 3.05) is 19.0 Å². The van der Waals surface area contributed by atoms with Crippen LogP contribution in [-0.2, 0) is 16.1 Å². The molecule has 2 aromatic heterocycles. The standard InChI is InChI=1S/C35H33Cl2F2N5O5/c1-35(2,3)49-34(47)44(16-21-8-9-28(46)42-21)17-24-25(38)14-20(15-27(24)48-4)32-30(37)23(11-13-40-32)22-6-5-7-26(29(22)36)43-33-31(39)19(18-45)10-12-41-33/h5-7,10-15,18,21H,8-9,16-17H2,1-4H3,(H,41,43)(H,42,46)/t21-/m0/s1. The third-order valence-corrected chi connectivity index (χ3v) is 8.44. The van der Waals surface area contributed by atoms with Gasteiger partial charge in [-0.1, -0.05) is 35.3 Å². The van der Waals surface area contributed by atoms with E-state index in [0.29, 0.717) is 41.5 Å². The van der Waals surface area contributed by atoms with Gasteiger partial charge in [0.05, 0.1) is 40.6 Å². The van der Waals surface area contributed by atoms with Gasteiger partial charge in [-0.05, 0) is 57.5 Å². The Labute approximate surface area is 291 Å². The minimum Gasteiger partial charge on any atom is -0.496 e. The van der Waals surface area contributed by atoms with Crippen molar-refractivity contribution >= 4 is 53.0 Å². The van der Waals surface area contributed by atoms with E-state index in [1.54, 1.807) is 51.1 Å². The number of methoxy groups -OCH3 is 1. The summed E-state index contributed by atoms with van der Waals surface area (Å²) in [4.78, 5) is 45.9. The van der Waals surface area contributed by atoms with Crippen molar-refractivity contribution in [3.63, 3.8) is 0 Å². The second-order valence-electron chi connectivity index (χ2n) is 12.3. The lowest BCUT2D eigenvalue weighted by Crippen LogP contribution is -2.44. The van der Waals surface area contributed by atoms with Crippen molar-refractivity contribution in [1.29, 1.82) is 0 Å². The van der Waals surface area contributed by atoms with Crippen LogP contribution in [0.3, 0.4) is 0 Å². The SMILES string of the molecule is COc1cc(-c2nccc(-c3cccc(Nc4nccc(C=O)c4F)c3Cl)c2Cl)cc(F)c1CN(C[C@@H]1CCC(=O)N1)C(=O)OC(C)(C)C. The molecule has 14 heteroatoms. The number of pyridine rings is 2. The van der Waals surface area contributed by atoms with Gasteiger partial charge in [-0.25, -0.2) is 18.6 Å². The van der Waals surface area contributed by atoms with E-state index in [4.69, 9.17) is 32.7 Å². The van der Waals surface area contributed by atoms with Crippen molar-refractivity contribution in [2.24, 2.45) is 0 Å². The van der Waals surface area contributed by atoms with E-state index in [9.17, 15) is 18.8 Å². The van der Waals surface area contributed by atoms with Gasteiger partial charge in [-0.3, -0.25) is 14.6 Å². The van der Waals surface area contributed by atoms with Crippen LogP contribution in [-0.4, -0.2) is 58.5 Å². The van der Waals surface area contributed by atoms with Gasteiger partial charge >= 0.3 is 6.09 Å². The van der Waals surface area contributed by atoms with Gasteiger partial charge in [-0.15, -0.1) is 0 Å². The molecule has 2 amide bonds. The molecule has 0 aliphatic carbocycles. The smallest absolute Gasteiger partial charge is 0.410 e. The maximum absolute atomic E-state index is 16.0. The Kier molecular flexibility index (Phi) is 10.7. The Morgan fingerprint density at radius 1 is 1.10 bits per heavy atom. The molecule has 49 heavy (non-hydrogen) atoms. The first-order chi connectivity index (χ1) is 23.3. The molecule has 1 saturated heterocycles. The molecule has 0 bridgehead atoms. The number of hydrogen-bond donors (Lipinski definition) is 2. The second kappa shape index (κ2) is 14.8. The summed E-state index contributed by atoms with van der Waals surface area (Å²) in [6.45, 7) is 5.10. The van der Waals surface area contributed by atoms with Crippen LogP contribution in [0.25, 0.3) is 22.4 Å². The molecule has 1 aliphatic rings. The Bertz CT molecular complexity index is 1920. The van der Waals surface area contributed by atoms with Crippen molar-refractivity contribution < 1.29 is 32.6 Å². The number of nitrogens with zero attached hydrogens (tertiary/aromatic N) is 3. The molecule has 1 atom stereocenters. The summed E-state index contributed by atoms with van der Waals surface area (Å²) < 4.78 is 41.9. The summed E-state index contributed by atoms with van der Waals surface area (Å²) in [6, 6.07) is 10.4. The summed E-state index contributed by atoms with van der Waals surface area (Å²) in [5, 5.41) is 5.98. The van der Waals surface area contributed by atoms with Crippen molar-refractivity contribution in [1.82, 2.24) is 20.2 Å². The molecule has 3 heterocycles. The molecule has 5 rings (SSSR count). The van der Waals surface area contributed by atoms with Crippen LogP contribution < -0.4 is 15.4 Å². The number of benzene rings is 2. The van der Waals surface area contributed by atoms with E-state index < -0.39 is 23.3 Å². The number of nitrogens with one attached hydrogen (secondary N) is 2. The van der Waals surface area contributed by atoms with Crippen LogP contribution in [0.5, 0.6) is 5.75 Å². The zero-order valence-electron chi connectivity index (χ0n) is 27.1. The van der Waals surface area contributed by atoms with Gasteiger partial charge in [0.25, 0.3) is 0 Å². The summed E-state index contributed by atoms with van der Waals surface area (Å²) in [5.41, 5.74) is 0.848. The van der Waals surface area contributed by atoms with Gasteiger partial charge < -0.3 is 25.0 Å². The molecule has 256 valence electrons. The highest BCUT2D eigenvalue weighted by molar-refractivity contribution is 6.39. The molecule has 1 aliphatic heterocycles. The maximum atomic E-state index is 16.0. The maximum Gasteiger partial charge on any atom is 0.410 e. The molecular weight excluding hydrogens is 679 g/mol. The third-order valence-electron chi connectivity index (χ3n) is 7.65. The average molecular weight is 713 g/mol. The fourth-order valence-corrected chi connectivity index (χ4v) is 5.94. The number of aromatic nitrogens is 2. The summed E-state index contributed by atoms with van der Waals surface area (Å²) in [5.74, 6) is -1.68. The van der Waals surface area contributed by atoms with E-state index in [1.807, 2.05) is 0 Å². The second-order valence-corrected chi connectivity index (χ2v) is 13.1. The minimum absolute atomic E-state index is 0.0926. The number of aldehydes is 1. The molecular formula is C35H33Cl2F2N5O5. The topological polar surface area (TPSA) is 123 Å². The number of amides is 2. The molecule has 2 aromatic carbocycles. The van der Waals surface area contributed by atoms with E-state index in [1.165, 1.54) is 36.5 Å². The van der Waals surface area contributed by atoms with Crippen LogP contribution >= 0.6 is 23.2 Å². The summed E-state index contributed by atoms with van der Waals surface area (Å²) >= 11 is 13.6. The number of rotatable bonds is 10. The van der Waals surface area contributed by atoms with E-state index >= 15 is 4.39 Å². The lowest BCUT2D eigenvalue weighted by molar-refractivity contribution is -0.119. The van der Waals surface area contributed by atoms with Crippen LogP contribution in [0.1, 0.15) is 49.5 Å². The highest BCUT2D eigenvalue weighted by atomic mass is 35.5. The van der Waals surface area contributed by atoms with Gasteiger partial charge in [0, 0.05) is 53.7 Å². The van der Waals surface area contributed by atoms with Crippen LogP contribution in [0.2, 0.25) is 10.0 Å². The summed E-state index contributed by atoms with van der Waals surface area (Å²) in [7, 11) is 1.38. The lowest BCUT2D eigenvalue weighted by atomic mass is 10.0. The number of anilines is 2. The van der Waals surface area contributed by atoms with Crippen LogP contribution in [0, 0.1) is 11.6 Å². The van der Waals surface area contributed by atoms with E-state index in [2.05, 4.69) is 20.6 Å². The first-order valence-corrected chi connectivity index (χ1v) is 16.0. The van der Waals surface area contributed by atoms with Gasteiger partial charge in [0.15, 0.2) is 17.9 Å². The van der Waals surface area contributed by atoms with Crippen LogP contribution in [0.4, 0.5) is 25.1 Å². The normalized spacial score (nSPS) is 14.3. The highest BCUT2D eigenvalue weighted by Crippen LogP contribution is 2.42. The predicted octanol–water partition coefficient (Wildman–Crippen LogP) is 7.98. The minimum atomic E-state index is -0.831. The first-order valence-electron chi connectivity index (χ1n) is 15.2. The fourth-order valence-electron chi connectivity index (χ4n) is 5.34. The average Bonchev–Trinajstić information content (AvgIpc) is 3.47. The third kappa shape index (κ3) is 8.09. The van der Waals surface area contributed by atoms with Crippen molar-refractivity contribution in [3.8, 4) is 28.1 Å². The Morgan fingerprint density at radius 3 is 2.51 bits per heavy atom. The summed E-state index contributed by atoms with van der Waals surface area (Å²) in [6.07, 6.45) is 3.36. The van der Waals surface area contributed by atoms with Crippen molar-refractivity contribution in [2.45, 2.75) is 51.8 Å². The van der Waals surface area contributed by atoms with Gasteiger partial charge in [0.2, 0.25) is 5.91 Å².